The Kier molecular flexibility index (Phi) is 5.13. The molecule has 1 atom stereocenters. The highest BCUT2D eigenvalue weighted by atomic mass is 32.2. The van der Waals surface area contributed by atoms with Crippen LogP contribution in [0, 0.1) is 5.21 Å². The summed E-state index contributed by atoms with van der Waals surface area (Å²) in [6, 6.07) is 23.9. The number of pyridine rings is 1. The second-order valence-electron chi connectivity index (χ2n) is 5.13. The van der Waals surface area contributed by atoms with Crippen LogP contribution in [-0.2, 0) is 4.79 Å². The van der Waals surface area contributed by atoms with Gasteiger partial charge in [0, 0.05) is 17.8 Å². The molecule has 0 saturated heterocycles. The lowest BCUT2D eigenvalue weighted by molar-refractivity contribution is -0.645. The third-order valence-electron chi connectivity index (χ3n) is 3.41. The lowest BCUT2D eigenvalue weighted by Gasteiger charge is -2.16. The van der Waals surface area contributed by atoms with E-state index in [0.29, 0.717) is 5.03 Å². The molecule has 1 amide bonds. The average Bonchev–Trinajstić information content (AvgIpc) is 2.62. The summed E-state index contributed by atoms with van der Waals surface area (Å²) in [6.45, 7) is 0. The van der Waals surface area contributed by atoms with E-state index in [2.05, 4.69) is 5.32 Å². The summed E-state index contributed by atoms with van der Waals surface area (Å²) < 4.78 is 0.774. The summed E-state index contributed by atoms with van der Waals surface area (Å²) in [5.74, 6) is -0.166. The molecule has 0 aliphatic heterocycles. The number of carbonyl (C=O) groups is 1. The Bertz CT molecular complexity index is 810. The van der Waals surface area contributed by atoms with Crippen LogP contribution in [0.4, 0.5) is 5.69 Å². The number of amides is 1. The first kappa shape index (κ1) is 16.1. The maximum absolute atomic E-state index is 12.8. The van der Waals surface area contributed by atoms with Gasteiger partial charge >= 0.3 is 0 Å². The van der Waals surface area contributed by atoms with Crippen molar-refractivity contribution in [3.8, 4) is 0 Å². The van der Waals surface area contributed by atoms with E-state index in [4.69, 9.17) is 0 Å². The van der Waals surface area contributed by atoms with Crippen molar-refractivity contribution in [3.05, 3.63) is 95.8 Å². The van der Waals surface area contributed by atoms with Gasteiger partial charge in [-0.1, -0.05) is 48.5 Å². The van der Waals surface area contributed by atoms with Gasteiger partial charge in [-0.05, 0) is 35.5 Å². The molecule has 4 nitrogen and oxygen atoms in total. The van der Waals surface area contributed by atoms with Gasteiger partial charge < -0.3 is 10.5 Å². The monoisotopic (exact) mass is 336 g/mol. The minimum absolute atomic E-state index is 0.166. The largest absolute Gasteiger partial charge is 0.618 e. The number of aromatic nitrogens is 1. The summed E-state index contributed by atoms with van der Waals surface area (Å²) in [5, 5.41) is 14.8. The van der Waals surface area contributed by atoms with Crippen LogP contribution in [0.15, 0.2) is 90.1 Å². The number of carbonyl (C=O) groups excluding carboxylic acids is 1. The molecule has 1 aromatic heterocycles. The SMILES string of the molecule is O=C(Nc1ccccc1)[C@@H](Sc1cccc[n+]1[O-])c1ccccc1. The number of para-hydroxylation sites is 1. The highest BCUT2D eigenvalue weighted by Crippen LogP contribution is 2.34. The average molecular weight is 336 g/mol. The van der Waals surface area contributed by atoms with Gasteiger partial charge in [0.1, 0.15) is 5.25 Å². The molecule has 120 valence electrons. The topological polar surface area (TPSA) is 56.0 Å². The zero-order valence-electron chi connectivity index (χ0n) is 12.8. The van der Waals surface area contributed by atoms with Gasteiger partial charge in [0.2, 0.25) is 5.91 Å². The lowest BCUT2D eigenvalue weighted by atomic mass is 10.1. The van der Waals surface area contributed by atoms with E-state index < -0.39 is 5.25 Å². The van der Waals surface area contributed by atoms with E-state index in [-0.39, 0.29) is 5.91 Å². The predicted molar refractivity (Wildman–Crippen MR) is 95.5 cm³/mol. The molecule has 0 aliphatic carbocycles. The first-order valence-electron chi connectivity index (χ1n) is 7.50. The molecule has 3 rings (SSSR count). The Morgan fingerprint density at radius 1 is 0.917 bits per heavy atom. The van der Waals surface area contributed by atoms with Gasteiger partial charge in [0.05, 0.1) is 0 Å². The van der Waals surface area contributed by atoms with Gasteiger partial charge in [-0.25, -0.2) is 0 Å². The molecule has 0 bridgehead atoms. The second kappa shape index (κ2) is 7.66. The van der Waals surface area contributed by atoms with E-state index in [0.717, 1.165) is 16.0 Å². The third kappa shape index (κ3) is 3.94. The number of rotatable bonds is 5. The maximum atomic E-state index is 12.8. The van der Waals surface area contributed by atoms with Crippen molar-refractivity contribution in [2.24, 2.45) is 0 Å². The molecule has 5 heteroatoms. The zero-order valence-corrected chi connectivity index (χ0v) is 13.6. The molecular weight excluding hydrogens is 320 g/mol. The fourth-order valence-electron chi connectivity index (χ4n) is 2.25. The maximum Gasteiger partial charge on any atom is 0.252 e. The summed E-state index contributed by atoms with van der Waals surface area (Å²) in [7, 11) is 0. The van der Waals surface area contributed by atoms with Crippen LogP contribution in [0.2, 0.25) is 0 Å². The number of nitrogens with zero attached hydrogens (tertiary/aromatic N) is 1. The van der Waals surface area contributed by atoms with Crippen LogP contribution >= 0.6 is 11.8 Å². The van der Waals surface area contributed by atoms with Crippen molar-refractivity contribution in [1.29, 1.82) is 0 Å². The van der Waals surface area contributed by atoms with Crippen molar-refractivity contribution < 1.29 is 9.52 Å². The number of anilines is 1. The fourth-order valence-corrected chi connectivity index (χ4v) is 3.28. The van der Waals surface area contributed by atoms with Crippen LogP contribution in [0.3, 0.4) is 0 Å². The van der Waals surface area contributed by atoms with Crippen LogP contribution in [0.1, 0.15) is 10.8 Å². The second-order valence-corrected chi connectivity index (χ2v) is 6.25. The lowest BCUT2D eigenvalue weighted by Crippen LogP contribution is -2.29. The third-order valence-corrected chi connectivity index (χ3v) is 4.69. The standard InChI is InChI=1S/C19H16N2O2S/c22-19(20-16-11-5-2-6-12-16)18(15-9-3-1-4-10-15)24-17-13-7-8-14-21(17)23/h1-14,18H,(H,20,22)/t18-/m0/s1. The van der Waals surface area contributed by atoms with Gasteiger partial charge in [-0.3, -0.25) is 4.79 Å². The molecule has 3 aromatic rings. The Labute approximate surface area is 144 Å². The quantitative estimate of drug-likeness (QED) is 0.438. The smallest absolute Gasteiger partial charge is 0.252 e. The van der Waals surface area contributed by atoms with Crippen molar-refractivity contribution >= 4 is 23.4 Å². The molecule has 0 unspecified atom stereocenters. The molecule has 0 spiro atoms. The number of hydrogen-bond donors (Lipinski definition) is 1. The molecule has 0 fully saturated rings. The Morgan fingerprint density at radius 2 is 1.54 bits per heavy atom. The first-order valence-corrected chi connectivity index (χ1v) is 8.38. The van der Waals surface area contributed by atoms with E-state index >= 15 is 0 Å². The predicted octanol–water partition coefficient (Wildman–Crippen LogP) is 3.79. The molecule has 1 N–H and O–H groups in total. The molecular formula is C19H16N2O2S. The molecule has 24 heavy (non-hydrogen) atoms. The number of nitrogens with one attached hydrogen (secondary N) is 1. The summed E-state index contributed by atoms with van der Waals surface area (Å²) >= 11 is 1.23. The molecule has 0 saturated carbocycles. The zero-order chi connectivity index (χ0) is 16.8. The molecule has 1 heterocycles. The van der Waals surface area contributed by atoms with Gasteiger partial charge in [0.15, 0.2) is 6.20 Å². The van der Waals surface area contributed by atoms with Gasteiger partial charge in [0.25, 0.3) is 5.03 Å². The number of thioether (sulfide) groups is 1. The van der Waals surface area contributed by atoms with E-state index in [1.54, 1.807) is 18.2 Å². The minimum Gasteiger partial charge on any atom is -0.618 e. The number of benzene rings is 2. The summed E-state index contributed by atoms with van der Waals surface area (Å²) in [4.78, 5) is 12.8. The van der Waals surface area contributed by atoms with Crippen molar-refractivity contribution in [2.45, 2.75) is 10.3 Å². The Hall–Kier alpha value is -2.79. The van der Waals surface area contributed by atoms with Gasteiger partial charge in [-0.15, -0.1) is 0 Å². The Balaban J connectivity index is 1.88. The Morgan fingerprint density at radius 3 is 2.21 bits per heavy atom. The van der Waals surface area contributed by atoms with Crippen molar-refractivity contribution in [3.63, 3.8) is 0 Å². The summed E-state index contributed by atoms with van der Waals surface area (Å²) in [6.07, 6.45) is 1.43. The van der Waals surface area contributed by atoms with Crippen molar-refractivity contribution in [2.75, 3.05) is 5.32 Å². The summed E-state index contributed by atoms with van der Waals surface area (Å²) in [5.41, 5.74) is 1.58. The van der Waals surface area contributed by atoms with Crippen LogP contribution in [0.5, 0.6) is 0 Å². The number of hydrogen-bond acceptors (Lipinski definition) is 3. The van der Waals surface area contributed by atoms with E-state index in [1.807, 2.05) is 60.7 Å². The molecule has 2 aromatic carbocycles. The van der Waals surface area contributed by atoms with Crippen LogP contribution < -0.4 is 10.0 Å². The highest BCUT2D eigenvalue weighted by Gasteiger charge is 2.25. The van der Waals surface area contributed by atoms with E-state index in [9.17, 15) is 10.0 Å². The van der Waals surface area contributed by atoms with E-state index in [1.165, 1.54) is 18.0 Å². The van der Waals surface area contributed by atoms with Gasteiger partial charge in [-0.2, -0.15) is 4.73 Å². The first-order chi connectivity index (χ1) is 11.7. The molecule has 0 radical (unpaired) electrons. The minimum atomic E-state index is -0.519. The normalized spacial score (nSPS) is 11.7. The van der Waals surface area contributed by atoms with Crippen molar-refractivity contribution in [1.82, 2.24) is 0 Å². The molecule has 0 aliphatic rings. The van der Waals surface area contributed by atoms with Crippen LogP contribution in [-0.4, -0.2) is 5.91 Å². The highest BCUT2D eigenvalue weighted by molar-refractivity contribution is 8.00. The fraction of sp³-hybridized carbons (Fsp3) is 0.0526. The van der Waals surface area contributed by atoms with Crippen LogP contribution in [0.25, 0.3) is 0 Å².